The molecule has 122 valence electrons. The zero-order chi connectivity index (χ0) is 16.5. The van der Waals surface area contributed by atoms with E-state index in [4.69, 9.17) is 21.1 Å². The third-order valence-electron chi connectivity index (χ3n) is 2.99. The van der Waals surface area contributed by atoms with Crippen LogP contribution in [0.15, 0.2) is 12.1 Å². The summed E-state index contributed by atoms with van der Waals surface area (Å²) in [7, 11) is 2.90. The van der Waals surface area contributed by atoms with Crippen molar-refractivity contribution in [3.05, 3.63) is 17.2 Å². The predicted octanol–water partition coefficient (Wildman–Crippen LogP) is 2.60. The molecule has 0 heterocycles. The first-order chi connectivity index (χ1) is 10.5. The quantitative estimate of drug-likeness (QED) is 0.596. The maximum atomic E-state index is 11.9. The van der Waals surface area contributed by atoms with E-state index in [0.29, 0.717) is 28.8 Å². The Morgan fingerprint density at radius 3 is 2.36 bits per heavy atom. The number of hydrogen-bond acceptors (Lipinski definition) is 4. The first-order valence-corrected chi connectivity index (χ1v) is 7.42. The minimum atomic E-state index is -0.765. The predicted molar refractivity (Wildman–Crippen MR) is 85.7 cm³/mol. The molecule has 0 atom stereocenters. The van der Waals surface area contributed by atoms with Crippen molar-refractivity contribution in [2.45, 2.75) is 26.2 Å². The van der Waals surface area contributed by atoms with Crippen LogP contribution in [0.5, 0.6) is 11.5 Å². The van der Waals surface area contributed by atoms with Crippen LogP contribution in [0.1, 0.15) is 26.2 Å². The minimum Gasteiger partial charge on any atom is -0.495 e. The third-order valence-corrected chi connectivity index (χ3v) is 3.29. The van der Waals surface area contributed by atoms with E-state index in [1.807, 2.05) is 0 Å². The van der Waals surface area contributed by atoms with Crippen LogP contribution in [0.25, 0.3) is 0 Å². The van der Waals surface area contributed by atoms with E-state index in [2.05, 4.69) is 17.6 Å². The summed E-state index contributed by atoms with van der Waals surface area (Å²) >= 11 is 5.98. The van der Waals surface area contributed by atoms with Crippen molar-refractivity contribution in [3.8, 4) is 11.5 Å². The number of methoxy groups -OCH3 is 2. The van der Waals surface area contributed by atoms with Crippen molar-refractivity contribution in [2.75, 3.05) is 26.1 Å². The Balaban J connectivity index is 2.72. The average molecular weight is 329 g/mol. The SMILES string of the molecule is CCCCCNC(=O)C(=O)Nc1cc(OC)c(Cl)cc1OC. The number of nitrogens with one attached hydrogen (secondary N) is 2. The van der Waals surface area contributed by atoms with E-state index >= 15 is 0 Å². The maximum Gasteiger partial charge on any atom is 0.313 e. The number of hydrogen-bond donors (Lipinski definition) is 2. The van der Waals surface area contributed by atoms with Crippen LogP contribution in [0, 0.1) is 0 Å². The molecule has 0 fully saturated rings. The Labute approximate surface area is 135 Å². The van der Waals surface area contributed by atoms with Gasteiger partial charge in [-0.1, -0.05) is 31.4 Å². The van der Waals surface area contributed by atoms with E-state index < -0.39 is 11.8 Å². The van der Waals surface area contributed by atoms with Gasteiger partial charge in [-0.05, 0) is 6.42 Å². The van der Waals surface area contributed by atoms with Gasteiger partial charge in [-0.25, -0.2) is 0 Å². The molecule has 2 amide bonds. The molecule has 0 aliphatic carbocycles. The number of ether oxygens (including phenoxy) is 2. The van der Waals surface area contributed by atoms with Gasteiger partial charge in [0.2, 0.25) is 0 Å². The van der Waals surface area contributed by atoms with Crippen LogP contribution >= 0.6 is 11.6 Å². The molecule has 0 unspecified atom stereocenters. The molecule has 1 rings (SSSR count). The lowest BCUT2D eigenvalue weighted by Gasteiger charge is -2.13. The maximum absolute atomic E-state index is 11.9. The number of carbonyl (C=O) groups is 2. The van der Waals surface area contributed by atoms with Crippen LogP contribution in [0.2, 0.25) is 5.02 Å². The van der Waals surface area contributed by atoms with Gasteiger partial charge in [0, 0.05) is 18.7 Å². The average Bonchev–Trinajstić information content (AvgIpc) is 2.52. The molecule has 0 saturated carbocycles. The lowest BCUT2D eigenvalue weighted by atomic mass is 10.2. The van der Waals surface area contributed by atoms with Crippen LogP contribution in [0.4, 0.5) is 5.69 Å². The molecular weight excluding hydrogens is 308 g/mol. The van der Waals surface area contributed by atoms with Gasteiger partial charge >= 0.3 is 11.8 Å². The van der Waals surface area contributed by atoms with Crippen LogP contribution in [0.3, 0.4) is 0 Å². The highest BCUT2D eigenvalue weighted by atomic mass is 35.5. The summed E-state index contributed by atoms with van der Waals surface area (Å²) in [6, 6.07) is 3.01. The lowest BCUT2D eigenvalue weighted by Crippen LogP contribution is -2.36. The highest BCUT2D eigenvalue weighted by Crippen LogP contribution is 2.35. The molecule has 1 aromatic carbocycles. The highest BCUT2D eigenvalue weighted by Gasteiger charge is 2.17. The van der Waals surface area contributed by atoms with E-state index in [1.54, 1.807) is 0 Å². The fraction of sp³-hybridized carbons (Fsp3) is 0.467. The summed E-state index contributed by atoms with van der Waals surface area (Å²) < 4.78 is 10.2. The van der Waals surface area contributed by atoms with Gasteiger partial charge in [0.1, 0.15) is 11.5 Å². The van der Waals surface area contributed by atoms with Gasteiger partial charge in [0.05, 0.1) is 24.9 Å². The van der Waals surface area contributed by atoms with E-state index in [-0.39, 0.29) is 0 Å². The standard InChI is InChI=1S/C15H21ClN2O4/c1-4-5-6-7-17-14(19)15(20)18-11-9-12(21-2)10(16)8-13(11)22-3/h8-9H,4-7H2,1-3H3,(H,17,19)(H,18,20). The molecule has 0 saturated heterocycles. The third kappa shape index (κ3) is 5.11. The summed E-state index contributed by atoms with van der Waals surface area (Å²) in [5, 5.41) is 5.40. The first-order valence-electron chi connectivity index (χ1n) is 7.04. The fourth-order valence-corrected chi connectivity index (χ4v) is 2.03. The van der Waals surface area contributed by atoms with Gasteiger partial charge in [-0.2, -0.15) is 0 Å². The number of carbonyl (C=O) groups excluding carboxylic acids is 2. The van der Waals surface area contributed by atoms with Gasteiger partial charge < -0.3 is 20.1 Å². The number of anilines is 1. The summed E-state index contributed by atoms with van der Waals surface area (Å²) in [4.78, 5) is 23.6. The molecule has 7 heteroatoms. The Morgan fingerprint density at radius 2 is 1.77 bits per heavy atom. The Kier molecular flexibility index (Phi) is 7.52. The van der Waals surface area contributed by atoms with Crippen molar-refractivity contribution >= 4 is 29.1 Å². The smallest absolute Gasteiger partial charge is 0.313 e. The second kappa shape index (κ2) is 9.15. The lowest BCUT2D eigenvalue weighted by molar-refractivity contribution is -0.136. The second-order valence-corrected chi connectivity index (χ2v) is 5.01. The summed E-state index contributed by atoms with van der Waals surface area (Å²) in [5.74, 6) is -0.731. The monoisotopic (exact) mass is 328 g/mol. The molecular formula is C15H21ClN2O4. The van der Waals surface area contributed by atoms with Crippen molar-refractivity contribution in [2.24, 2.45) is 0 Å². The Morgan fingerprint density at radius 1 is 1.09 bits per heavy atom. The normalized spacial score (nSPS) is 10.0. The van der Waals surface area contributed by atoms with Gasteiger partial charge in [0.15, 0.2) is 0 Å². The van der Waals surface area contributed by atoms with E-state index in [9.17, 15) is 9.59 Å². The molecule has 0 aliphatic rings. The highest BCUT2D eigenvalue weighted by molar-refractivity contribution is 6.40. The summed E-state index contributed by atoms with van der Waals surface area (Å²) in [5.41, 5.74) is 0.317. The fourth-order valence-electron chi connectivity index (χ4n) is 1.79. The van der Waals surface area contributed by atoms with Crippen LogP contribution in [-0.4, -0.2) is 32.6 Å². The molecule has 0 aliphatic heterocycles. The molecule has 22 heavy (non-hydrogen) atoms. The van der Waals surface area contributed by atoms with Gasteiger partial charge in [0.25, 0.3) is 0 Å². The molecule has 1 aromatic rings. The molecule has 0 radical (unpaired) electrons. The summed E-state index contributed by atoms with van der Waals surface area (Å²) in [6.07, 6.45) is 2.89. The van der Waals surface area contributed by atoms with E-state index in [1.165, 1.54) is 26.4 Å². The molecule has 2 N–H and O–H groups in total. The van der Waals surface area contributed by atoms with Crippen LogP contribution < -0.4 is 20.1 Å². The van der Waals surface area contributed by atoms with Crippen molar-refractivity contribution in [1.29, 1.82) is 0 Å². The number of unbranched alkanes of at least 4 members (excludes halogenated alkanes) is 2. The van der Waals surface area contributed by atoms with Crippen molar-refractivity contribution in [3.63, 3.8) is 0 Å². The van der Waals surface area contributed by atoms with Gasteiger partial charge in [-0.15, -0.1) is 0 Å². The van der Waals surface area contributed by atoms with Crippen molar-refractivity contribution < 1.29 is 19.1 Å². The second-order valence-electron chi connectivity index (χ2n) is 4.60. The zero-order valence-electron chi connectivity index (χ0n) is 13.0. The Bertz CT molecular complexity index is 535. The van der Waals surface area contributed by atoms with Crippen LogP contribution in [-0.2, 0) is 9.59 Å². The molecule has 6 nitrogen and oxygen atoms in total. The first kappa shape index (κ1) is 18.1. The molecule has 0 spiro atoms. The van der Waals surface area contributed by atoms with E-state index in [0.717, 1.165) is 19.3 Å². The number of halogens is 1. The summed E-state index contributed by atoms with van der Waals surface area (Å²) in [6.45, 7) is 2.54. The minimum absolute atomic E-state index is 0.317. The topological polar surface area (TPSA) is 76.7 Å². The number of benzene rings is 1. The Hall–Kier alpha value is -1.95. The number of amides is 2. The molecule has 0 aromatic heterocycles. The number of rotatable bonds is 7. The van der Waals surface area contributed by atoms with Crippen molar-refractivity contribution in [1.82, 2.24) is 5.32 Å². The molecule has 0 bridgehead atoms. The zero-order valence-corrected chi connectivity index (χ0v) is 13.8. The largest absolute Gasteiger partial charge is 0.495 e. The van der Waals surface area contributed by atoms with Gasteiger partial charge in [-0.3, -0.25) is 9.59 Å².